The lowest BCUT2D eigenvalue weighted by Crippen LogP contribution is -2.47. The van der Waals surface area contributed by atoms with E-state index in [4.69, 9.17) is 9.15 Å². The van der Waals surface area contributed by atoms with Crippen LogP contribution in [0.15, 0.2) is 40.8 Å². The predicted octanol–water partition coefficient (Wildman–Crippen LogP) is 4.36. The Morgan fingerprint density at radius 3 is 2.60 bits per heavy atom. The lowest BCUT2D eigenvalue weighted by molar-refractivity contribution is -0.168. The summed E-state index contributed by atoms with van der Waals surface area (Å²) in [6.07, 6.45) is 4.89. The number of hydrogen-bond donors (Lipinski definition) is 3. The number of ether oxygens (including phenoxy) is 1. The standard InChI is InChI=1S/C26H37N3O6/c1-4-7-8-12-21(22(6-3)29(33)18-30)25(31)27-17-28-26(32)24-14-13-23(35-24)19-10-9-11-20(16-19)34-15-5-2/h9-11,13-14,16,18,21-22,33H,4-8,12,15,17H2,1-3H3,(H,27,31)(H,28,32)/t21-,22-/m1/s1. The van der Waals surface area contributed by atoms with Crippen molar-refractivity contribution in [3.8, 4) is 17.1 Å². The molecule has 1 aromatic carbocycles. The molecule has 1 heterocycles. The Kier molecular flexibility index (Phi) is 11.8. The number of benzene rings is 1. The van der Waals surface area contributed by atoms with Crippen LogP contribution in [0, 0.1) is 5.92 Å². The van der Waals surface area contributed by atoms with Crippen molar-refractivity contribution in [1.82, 2.24) is 15.7 Å². The third kappa shape index (κ3) is 8.43. The minimum Gasteiger partial charge on any atom is -0.494 e. The molecule has 3 N–H and O–H groups in total. The molecule has 1 aromatic heterocycles. The maximum atomic E-state index is 12.8. The number of nitrogens with one attached hydrogen (secondary N) is 2. The van der Waals surface area contributed by atoms with Crippen molar-refractivity contribution in [2.45, 2.75) is 65.3 Å². The smallest absolute Gasteiger partial charge is 0.288 e. The zero-order valence-electron chi connectivity index (χ0n) is 20.8. The van der Waals surface area contributed by atoms with E-state index in [2.05, 4.69) is 17.6 Å². The lowest BCUT2D eigenvalue weighted by atomic mass is 9.90. The molecule has 0 aliphatic heterocycles. The molecule has 0 spiro atoms. The third-order valence-corrected chi connectivity index (χ3v) is 5.72. The summed E-state index contributed by atoms with van der Waals surface area (Å²) in [6, 6.07) is 10.1. The highest BCUT2D eigenvalue weighted by molar-refractivity contribution is 5.92. The fourth-order valence-electron chi connectivity index (χ4n) is 3.85. The van der Waals surface area contributed by atoms with Crippen LogP contribution in [-0.2, 0) is 9.59 Å². The molecular formula is C26H37N3O6. The van der Waals surface area contributed by atoms with Gasteiger partial charge in [-0.3, -0.25) is 19.6 Å². The Morgan fingerprint density at radius 2 is 1.91 bits per heavy atom. The molecule has 0 saturated carbocycles. The van der Waals surface area contributed by atoms with Crippen LogP contribution in [0.2, 0.25) is 0 Å². The first-order valence-electron chi connectivity index (χ1n) is 12.3. The van der Waals surface area contributed by atoms with Gasteiger partial charge < -0.3 is 19.8 Å². The summed E-state index contributed by atoms with van der Waals surface area (Å²) in [7, 11) is 0. The van der Waals surface area contributed by atoms with Crippen LogP contribution >= 0.6 is 0 Å². The number of rotatable bonds is 16. The van der Waals surface area contributed by atoms with E-state index in [1.165, 1.54) is 0 Å². The first kappa shape index (κ1) is 27.9. The molecule has 9 nitrogen and oxygen atoms in total. The quantitative estimate of drug-likeness (QED) is 0.106. The van der Waals surface area contributed by atoms with E-state index in [1.54, 1.807) is 19.1 Å². The van der Waals surface area contributed by atoms with E-state index < -0.39 is 17.9 Å². The van der Waals surface area contributed by atoms with Crippen molar-refractivity contribution in [3.05, 3.63) is 42.2 Å². The van der Waals surface area contributed by atoms with Gasteiger partial charge in [-0.1, -0.05) is 52.2 Å². The summed E-state index contributed by atoms with van der Waals surface area (Å²) in [5, 5.41) is 15.8. The fourth-order valence-corrected chi connectivity index (χ4v) is 3.85. The number of carbonyl (C=O) groups excluding carboxylic acids is 3. The van der Waals surface area contributed by atoms with Crippen LogP contribution in [0.3, 0.4) is 0 Å². The molecule has 0 radical (unpaired) electrons. The molecule has 0 aliphatic rings. The molecule has 9 heteroatoms. The van der Waals surface area contributed by atoms with Crippen molar-refractivity contribution >= 4 is 18.2 Å². The highest BCUT2D eigenvalue weighted by Gasteiger charge is 2.30. The van der Waals surface area contributed by atoms with Gasteiger partial charge in [0.05, 0.1) is 25.2 Å². The van der Waals surface area contributed by atoms with E-state index in [0.717, 1.165) is 37.0 Å². The van der Waals surface area contributed by atoms with Crippen LogP contribution in [-0.4, -0.2) is 47.8 Å². The van der Waals surface area contributed by atoms with Crippen LogP contribution in [0.1, 0.15) is 69.9 Å². The number of hydroxylamine groups is 2. The van der Waals surface area contributed by atoms with E-state index in [1.807, 2.05) is 31.2 Å². The normalized spacial score (nSPS) is 12.5. The largest absolute Gasteiger partial charge is 0.494 e. The third-order valence-electron chi connectivity index (χ3n) is 5.72. The van der Waals surface area contributed by atoms with Crippen LogP contribution in [0.4, 0.5) is 0 Å². The van der Waals surface area contributed by atoms with Gasteiger partial charge in [0.2, 0.25) is 12.3 Å². The minimum atomic E-state index is -0.634. The van der Waals surface area contributed by atoms with Crippen molar-refractivity contribution in [2.75, 3.05) is 13.3 Å². The van der Waals surface area contributed by atoms with Crippen molar-refractivity contribution < 1.29 is 28.7 Å². The minimum absolute atomic E-state index is 0.110. The maximum Gasteiger partial charge on any atom is 0.288 e. The second-order valence-electron chi connectivity index (χ2n) is 8.33. The molecule has 2 aromatic rings. The van der Waals surface area contributed by atoms with Gasteiger partial charge in [0, 0.05) is 5.56 Å². The molecule has 2 rings (SSSR count). The summed E-state index contributed by atoms with van der Waals surface area (Å²) < 4.78 is 11.3. The van der Waals surface area contributed by atoms with Gasteiger partial charge in [-0.25, -0.2) is 5.06 Å². The number of amides is 3. The first-order chi connectivity index (χ1) is 16.9. The summed E-state index contributed by atoms with van der Waals surface area (Å²) in [6.45, 7) is 6.40. The highest BCUT2D eigenvalue weighted by atomic mass is 16.5. The van der Waals surface area contributed by atoms with Crippen molar-refractivity contribution in [2.24, 2.45) is 5.92 Å². The van der Waals surface area contributed by atoms with E-state index >= 15 is 0 Å². The SMILES string of the molecule is CCCCC[C@@H](C(=O)NCNC(=O)c1ccc(-c2cccc(OCCC)c2)o1)[C@@H](CC)N(O)C=O. The van der Waals surface area contributed by atoms with E-state index in [0.29, 0.717) is 36.7 Å². The molecule has 192 valence electrons. The zero-order valence-corrected chi connectivity index (χ0v) is 20.8. The van der Waals surface area contributed by atoms with Gasteiger partial charge >= 0.3 is 0 Å². The second kappa shape index (κ2) is 14.8. The molecular weight excluding hydrogens is 450 g/mol. The van der Waals surface area contributed by atoms with Gasteiger partial charge in [-0.2, -0.15) is 0 Å². The molecule has 35 heavy (non-hydrogen) atoms. The number of carbonyl (C=O) groups is 3. The van der Waals surface area contributed by atoms with Crippen LogP contribution in [0.5, 0.6) is 5.75 Å². The van der Waals surface area contributed by atoms with Gasteiger partial charge in [0.25, 0.3) is 5.91 Å². The maximum absolute atomic E-state index is 12.8. The Hall–Kier alpha value is -3.33. The summed E-state index contributed by atoms with van der Waals surface area (Å²) >= 11 is 0. The molecule has 0 saturated heterocycles. The summed E-state index contributed by atoms with van der Waals surface area (Å²) in [5.74, 6) is -0.0258. The molecule has 3 amide bonds. The molecule has 2 atom stereocenters. The topological polar surface area (TPSA) is 121 Å². The Morgan fingerprint density at radius 1 is 1.11 bits per heavy atom. The van der Waals surface area contributed by atoms with Gasteiger partial charge in [0.1, 0.15) is 11.5 Å². The Labute approximate surface area is 206 Å². The lowest BCUT2D eigenvalue weighted by Gasteiger charge is -2.29. The summed E-state index contributed by atoms with van der Waals surface area (Å²) in [4.78, 5) is 36.4. The van der Waals surface area contributed by atoms with Gasteiger partial charge in [-0.05, 0) is 43.5 Å². The fraction of sp³-hybridized carbons (Fsp3) is 0.500. The first-order valence-corrected chi connectivity index (χ1v) is 12.3. The molecule has 0 bridgehead atoms. The number of furan rings is 1. The Balaban J connectivity index is 1.96. The van der Waals surface area contributed by atoms with Crippen molar-refractivity contribution in [1.29, 1.82) is 0 Å². The zero-order chi connectivity index (χ0) is 25.6. The average Bonchev–Trinajstić information content (AvgIpc) is 3.37. The highest BCUT2D eigenvalue weighted by Crippen LogP contribution is 2.26. The number of hydrogen-bond acceptors (Lipinski definition) is 6. The van der Waals surface area contributed by atoms with Gasteiger partial charge in [0.15, 0.2) is 5.76 Å². The molecule has 0 aliphatic carbocycles. The van der Waals surface area contributed by atoms with Crippen LogP contribution < -0.4 is 15.4 Å². The van der Waals surface area contributed by atoms with E-state index in [-0.39, 0.29) is 18.3 Å². The van der Waals surface area contributed by atoms with Crippen LogP contribution in [0.25, 0.3) is 11.3 Å². The second-order valence-corrected chi connectivity index (χ2v) is 8.33. The predicted molar refractivity (Wildman–Crippen MR) is 132 cm³/mol. The average molecular weight is 488 g/mol. The summed E-state index contributed by atoms with van der Waals surface area (Å²) in [5.41, 5.74) is 0.787. The molecule has 0 unspecified atom stereocenters. The number of nitrogens with zero attached hydrogens (tertiary/aromatic N) is 1. The molecule has 0 fully saturated rings. The van der Waals surface area contributed by atoms with Gasteiger partial charge in [-0.15, -0.1) is 0 Å². The monoisotopic (exact) mass is 487 g/mol. The number of unbranched alkanes of at least 4 members (excludes halogenated alkanes) is 2. The Bertz CT molecular complexity index is 945. The van der Waals surface area contributed by atoms with Crippen molar-refractivity contribution in [3.63, 3.8) is 0 Å². The van der Waals surface area contributed by atoms with E-state index in [9.17, 15) is 19.6 Å².